The van der Waals surface area contributed by atoms with Crippen LogP contribution in [0.25, 0.3) is 21.6 Å². The minimum Gasteiger partial charge on any atom is -0.329 e. The molecular formula is C19H18N4O3S. The van der Waals surface area contributed by atoms with Crippen LogP contribution in [0.3, 0.4) is 0 Å². The second-order valence-corrected chi connectivity index (χ2v) is 7.62. The summed E-state index contributed by atoms with van der Waals surface area (Å²) in [6, 6.07) is 6.95. The van der Waals surface area contributed by atoms with Crippen molar-refractivity contribution in [3.63, 3.8) is 0 Å². The van der Waals surface area contributed by atoms with Gasteiger partial charge in [-0.15, -0.1) is 11.3 Å². The number of aryl methyl sites for hydroxylation is 2. The second-order valence-electron chi connectivity index (χ2n) is 6.42. The topological polar surface area (TPSA) is 95.2 Å². The number of aromatic amines is 1. The van der Waals surface area contributed by atoms with E-state index in [0.717, 1.165) is 32.8 Å². The van der Waals surface area contributed by atoms with Crippen LogP contribution in [0.15, 0.2) is 29.1 Å². The zero-order valence-electron chi connectivity index (χ0n) is 15.0. The van der Waals surface area contributed by atoms with Crippen LogP contribution >= 0.6 is 11.3 Å². The number of carbonyl (C=O) groups is 2. The Labute approximate surface area is 159 Å². The number of H-pyrrole nitrogens is 1. The Kier molecular flexibility index (Phi) is 4.27. The molecule has 0 bridgehead atoms. The van der Waals surface area contributed by atoms with Crippen LogP contribution in [0.1, 0.15) is 22.9 Å². The molecule has 4 rings (SSSR count). The Hall–Kier alpha value is -3.00. The van der Waals surface area contributed by atoms with E-state index in [0.29, 0.717) is 11.2 Å². The van der Waals surface area contributed by atoms with Crippen LogP contribution in [-0.2, 0) is 17.8 Å². The number of hydrogen-bond acceptors (Lipinski definition) is 5. The van der Waals surface area contributed by atoms with Gasteiger partial charge >= 0.3 is 6.03 Å². The van der Waals surface area contributed by atoms with Crippen LogP contribution in [-0.4, -0.2) is 33.4 Å². The molecule has 138 valence electrons. The summed E-state index contributed by atoms with van der Waals surface area (Å²) in [7, 11) is 0. The van der Waals surface area contributed by atoms with Gasteiger partial charge in [0, 0.05) is 10.4 Å². The molecule has 0 radical (unpaired) electrons. The summed E-state index contributed by atoms with van der Waals surface area (Å²) in [5.41, 5.74) is 2.53. The summed E-state index contributed by atoms with van der Waals surface area (Å²) in [6.45, 7) is 4.31. The van der Waals surface area contributed by atoms with Crippen molar-refractivity contribution in [3.05, 3.63) is 50.6 Å². The van der Waals surface area contributed by atoms with Gasteiger partial charge in [0.2, 0.25) is 5.91 Å². The van der Waals surface area contributed by atoms with Gasteiger partial charge in [0.25, 0.3) is 5.56 Å². The van der Waals surface area contributed by atoms with Gasteiger partial charge in [-0.3, -0.25) is 14.5 Å². The van der Waals surface area contributed by atoms with Crippen molar-refractivity contribution in [2.75, 3.05) is 6.54 Å². The molecule has 1 aromatic carbocycles. The van der Waals surface area contributed by atoms with Gasteiger partial charge in [0.1, 0.15) is 10.7 Å². The lowest BCUT2D eigenvalue weighted by atomic mass is 10.1. The van der Waals surface area contributed by atoms with Gasteiger partial charge in [-0.05, 0) is 24.5 Å². The maximum Gasteiger partial charge on any atom is 0.324 e. The van der Waals surface area contributed by atoms with Gasteiger partial charge < -0.3 is 10.3 Å². The van der Waals surface area contributed by atoms with Crippen molar-refractivity contribution < 1.29 is 9.59 Å². The Morgan fingerprint density at radius 1 is 1.19 bits per heavy atom. The molecule has 3 heterocycles. The van der Waals surface area contributed by atoms with E-state index in [9.17, 15) is 14.4 Å². The number of nitrogens with zero attached hydrogens (tertiary/aromatic N) is 2. The number of rotatable bonds is 4. The largest absolute Gasteiger partial charge is 0.329 e. The molecule has 0 saturated carbocycles. The number of imide groups is 1. The Morgan fingerprint density at radius 3 is 2.56 bits per heavy atom. The maximum atomic E-state index is 12.6. The van der Waals surface area contributed by atoms with Gasteiger partial charge in [-0.1, -0.05) is 31.2 Å². The molecule has 3 amide bonds. The number of urea groups is 1. The minimum absolute atomic E-state index is 0.0437. The van der Waals surface area contributed by atoms with Gasteiger partial charge in [0.05, 0.1) is 18.5 Å². The first-order valence-electron chi connectivity index (χ1n) is 8.67. The fourth-order valence-corrected chi connectivity index (χ4v) is 4.42. The Balaban J connectivity index is 1.65. The number of aromatic nitrogens is 2. The van der Waals surface area contributed by atoms with Crippen molar-refractivity contribution in [2.45, 2.75) is 26.8 Å². The van der Waals surface area contributed by atoms with Gasteiger partial charge in [-0.25, -0.2) is 9.78 Å². The third kappa shape index (κ3) is 3.02. The van der Waals surface area contributed by atoms with E-state index < -0.39 is 0 Å². The number of hydrogen-bond donors (Lipinski definition) is 2. The molecule has 1 fully saturated rings. The molecule has 0 atom stereocenters. The van der Waals surface area contributed by atoms with Gasteiger partial charge in [-0.2, -0.15) is 0 Å². The summed E-state index contributed by atoms with van der Waals surface area (Å²) in [5, 5.41) is 3.18. The van der Waals surface area contributed by atoms with Crippen molar-refractivity contribution in [1.29, 1.82) is 0 Å². The molecule has 1 saturated heterocycles. The molecule has 0 unspecified atom stereocenters. The molecule has 27 heavy (non-hydrogen) atoms. The third-order valence-electron chi connectivity index (χ3n) is 4.72. The molecule has 0 spiro atoms. The predicted octanol–water partition coefficient (Wildman–Crippen LogP) is 2.57. The van der Waals surface area contributed by atoms with Crippen LogP contribution < -0.4 is 10.9 Å². The molecule has 3 aromatic rings. The second kappa shape index (κ2) is 6.62. The summed E-state index contributed by atoms with van der Waals surface area (Å²) in [5.74, 6) is 0.276. The van der Waals surface area contributed by atoms with Crippen molar-refractivity contribution in [1.82, 2.24) is 20.2 Å². The highest BCUT2D eigenvalue weighted by molar-refractivity contribution is 7.18. The maximum absolute atomic E-state index is 12.6. The molecule has 1 aliphatic heterocycles. The highest BCUT2D eigenvalue weighted by Gasteiger charge is 2.28. The number of thiophene rings is 1. The van der Waals surface area contributed by atoms with E-state index in [2.05, 4.69) is 15.3 Å². The van der Waals surface area contributed by atoms with Crippen LogP contribution in [0, 0.1) is 6.92 Å². The quantitative estimate of drug-likeness (QED) is 0.678. The van der Waals surface area contributed by atoms with E-state index in [-0.39, 0.29) is 30.6 Å². The third-order valence-corrected chi connectivity index (χ3v) is 5.76. The number of nitrogens with one attached hydrogen (secondary N) is 2. The average Bonchev–Trinajstić information content (AvgIpc) is 3.15. The van der Waals surface area contributed by atoms with Crippen molar-refractivity contribution >= 4 is 33.5 Å². The first kappa shape index (κ1) is 17.4. The molecule has 7 nitrogen and oxygen atoms in total. The standard InChI is InChI=1S/C19H18N4O3S/c1-3-13-10(2)27-18-15(13)17(25)21-16(22-18)12-6-4-11(5-7-12)9-23-14(24)8-20-19(23)26/h4-7H,3,8-9H2,1-2H3,(H,20,26)(H,21,22,25). The van der Waals surface area contributed by atoms with E-state index in [1.165, 1.54) is 16.2 Å². The lowest BCUT2D eigenvalue weighted by Gasteiger charge is -2.12. The summed E-state index contributed by atoms with van der Waals surface area (Å²) in [6.07, 6.45) is 0.799. The molecule has 2 N–H and O–H groups in total. The first-order chi connectivity index (χ1) is 13.0. The van der Waals surface area contributed by atoms with E-state index in [4.69, 9.17) is 0 Å². The van der Waals surface area contributed by atoms with Crippen LogP contribution in [0.2, 0.25) is 0 Å². The SMILES string of the molecule is CCc1c(C)sc2nc(-c3ccc(CN4C(=O)CNC4=O)cc3)[nH]c(=O)c12. The zero-order chi connectivity index (χ0) is 19.1. The van der Waals surface area contributed by atoms with E-state index >= 15 is 0 Å². The summed E-state index contributed by atoms with van der Waals surface area (Å²) >= 11 is 1.53. The van der Waals surface area contributed by atoms with E-state index in [1.54, 1.807) is 0 Å². The Morgan fingerprint density at radius 2 is 1.93 bits per heavy atom. The minimum atomic E-state index is -0.375. The van der Waals surface area contributed by atoms with Crippen LogP contribution in [0.5, 0.6) is 0 Å². The van der Waals surface area contributed by atoms with Crippen LogP contribution in [0.4, 0.5) is 4.79 Å². The molecule has 1 aliphatic rings. The lowest BCUT2D eigenvalue weighted by molar-refractivity contribution is -0.125. The number of fused-ring (bicyclic) bond motifs is 1. The number of carbonyl (C=O) groups excluding carboxylic acids is 2. The molecular weight excluding hydrogens is 364 g/mol. The molecule has 2 aromatic heterocycles. The smallest absolute Gasteiger partial charge is 0.324 e. The zero-order valence-corrected chi connectivity index (χ0v) is 15.8. The fraction of sp³-hybridized carbons (Fsp3) is 0.263. The van der Waals surface area contributed by atoms with Gasteiger partial charge in [0.15, 0.2) is 0 Å². The fourth-order valence-electron chi connectivity index (χ4n) is 3.30. The number of benzene rings is 1. The number of amides is 3. The van der Waals surface area contributed by atoms with E-state index in [1.807, 2.05) is 38.1 Å². The highest BCUT2D eigenvalue weighted by Crippen LogP contribution is 2.28. The monoisotopic (exact) mass is 382 g/mol. The lowest BCUT2D eigenvalue weighted by Crippen LogP contribution is -2.30. The summed E-state index contributed by atoms with van der Waals surface area (Å²) < 4.78 is 0. The average molecular weight is 382 g/mol. The summed E-state index contributed by atoms with van der Waals surface area (Å²) in [4.78, 5) is 46.4. The molecule has 0 aliphatic carbocycles. The van der Waals surface area contributed by atoms with Crippen molar-refractivity contribution in [3.8, 4) is 11.4 Å². The first-order valence-corrected chi connectivity index (χ1v) is 9.49. The predicted molar refractivity (Wildman–Crippen MR) is 104 cm³/mol. The normalized spacial score (nSPS) is 14.2. The highest BCUT2D eigenvalue weighted by atomic mass is 32.1. The molecule has 8 heteroatoms. The van der Waals surface area contributed by atoms with Crippen molar-refractivity contribution in [2.24, 2.45) is 0 Å². The Bertz CT molecular complexity index is 1100.